The van der Waals surface area contributed by atoms with Crippen molar-refractivity contribution in [1.29, 1.82) is 0 Å². The topological polar surface area (TPSA) is 74.8 Å². The van der Waals surface area contributed by atoms with Crippen LogP contribution in [0.3, 0.4) is 0 Å². The standard InChI is InChI=1S/C13H10F3N3O2/c14-13(15,16)9-3-1-2-8(6-9)7-17-12(21)10-4-5-11(20)19-18-10/h1-6H,7H2,(H,17,21)(H,19,20). The number of aromatic nitrogens is 2. The summed E-state index contributed by atoms with van der Waals surface area (Å²) in [6.45, 7) is -0.0798. The summed E-state index contributed by atoms with van der Waals surface area (Å²) in [7, 11) is 0. The molecule has 2 N–H and O–H groups in total. The predicted octanol–water partition coefficient (Wildman–Crippen LogP) is 1.72. The highest BCUT2D eigenvalue weighted by atomic mass is 19.4. The number of aromatic amines is 1. The molecule has 0 radical (unpaired) electrons. The van der Waals surface area contributed by atoms with Gasteiger partial charge in [0.15, 0.2) is 0 Å². The van der Waals surface area contributed by atoms with Crippen LogP contribution >= 0.6 is 0 Å². The molecule has 0 aliphatic heterocycles. The smallest absolute Gasteiger partial charge is 0.347 e. The second-order valence-corrected chi connectivity index (χ2v) is 4.19. The van der Waals surface area contributed by atoms with Crippen molar-refractivity contribution in [1.82, 2.24) is 15.5 Å². The highest BCUT2D eigenvalue weighted by Gasteiger charge is 2.30. The zero-order valence-corrected chi connectivity index (χ0v) is 10.6. The minimum atomic E-state index is -4.43. The van der Waals surface area contributed by atoms with E-state index in [9.17, 15) is 22.8 Å². The van der Waals surface area contributed by atoms with E-state index >= 15 is 0 Å². The van der Waals surface area contributed by atoms with Crippen LogP contribution in [-0.4, -0.2) is 16.1 Å². The normalized spacial score (nSPS) is 11.2. The van der Waals surface area contributed by atoms with Crippen LogP contribution in [0.4, 0.5) is 13.2 Å². The monoisotopic (exact) mass is 297 g/mol. The Labute approximate surface area is 116 Å². The van der Waals surface area contributed by atoms with E-state index in [2.05, 4.69) is 15.5 Å². The molecule has 1 amide bonds. The van der Waals surface area contributed by atoms with Gasteiger partial charge in [-0.25, -0.2) is 5.10 Å². The molecule has 0 aliphatic rings. The molecule has 21 heavy (non-hydrogen) atoms. The summed E-state index contributed by atoms with van der Waals surface area (Å²) in [5.74, 6) is -0.594. The average molecular weight is 297 g/mol. The Bertz CT molecular complexity index is 690. The highest BCUT2D eigenvalue weighted by molar-refractivity contribution is 5.91. The van der Waals surface area contributed by atoms with Gasteiger partial charge in [-0.3, -0.25) is 9.59 Å². The second kappa shape index (κ2) is 5.78. The molecule has 0 spiro atoms. The summed E-state index contributed by atoms with van der Waals surface area (Å²) in [6, 6.07) is 7.00. The molecule has 2 rings (SSSR count). The fraction of sp³-hybridized carbons (Fsp3) is 0.154. The number of H-pyrrole nitrogens is 1. The Hall–Kier alpha value is -2.64. The molecule has 0 atom stereocenters. The Kier molecular flexibility index (Phi) is 4.06. The zero-order valence-electron chi connectivity index (χ0n) is 10.6. The molecule has 1 heterocycles. The van der Waals surface area contributed by atoms with Gasteiger partial charge in [-0.2, -0.15) is 18.3 Å². The maximum atomic E-state index is 12.5. The second-order valence-electron chi connectivity index (χ2n) is 4.19. The number of hydrogen-bond acceptors (Lipinski definition) is 3. The van der Waals surface area contributed by atoms with Crippen LogP contribution in [-0.2, 0) is 12.7 Å². The summed E-state index contributed by atoms with van der Waals surface area (Å²) < 4.78 is 37.6. The summed E-state index contributed by atoms with van der Waals surface area (Å²) >= 11 is 0. The maximum absolute atomic E-state index is 12.5. The van der Waals surface area contributed by atoms with Gasteiger partial charge in [0, 0.05) is 12.6 Å². The van der Waals surface area contributed by atoms with Crippen LogP contribution in [0.15, 0.2) is 41.2 Å². The molecule has 8 heteroatoms. The third-order valence-corrected chi connectivity index (χ3v) is 2.62. The number of benzene rings is 1. The van der Waals surface area contributed by atoms with E-state index < -0.39 is 23.2 Å². The molecule has 1 aromatic heterocycles. The first-order valence-electron chi connectivity index (χ1n) is 5.86. The van der Waals surface area contributed by atoms with Crippen molar-refractivity contribution < 1.29 is 18.0 Å². The van der Waals surface area contributed by atoms with Gasteiger partial charge in [0.05, 0.1) is 5.56 Å². The van der Waals surface area contributed by atoms with Crippen LogP contribution in [0.25, 0.3) is 0 Å². The van der Waals surface area contributed by atoms with E-state index in [0.717, 1.165) is 18.2 Å². The quantitative estimate of drug-likeness (QED) is 0.905. The third-order valence-electron chi connectivity index (χ3n) is 2.62. The van der Waals surface area contributed by atoms with Gasteiger partial charge in [0.1, 0.15) is 5.69 Å². The number of nitrogens with one attached hydrogen (secondary N) is 2. The number of hydrogen-bond donors (Lipinski definition) is 2. The zero-order chi connectivity index (χ0) is 15.5. The molecule has 1 aromatic carbocycles. The summed E-state index contributed by atoms with van der Waals surface area (Å²) in [4.78, 5) is 22.5. The van der Waals surface area contributed by atoms with Crippen LogP contribution in [0.2, 0.25) is 0 Å². The van der Waals surface area contributed by atoms with Gasteiger partial charge in [-0.05, 0) is 23.8 Å². The lowest BCUT2D eigenvalue weighted by atomic mass is 10.1. The number of halogens is 3. The number of rotatable bonds is 3. The van der Waals surface area contributed by atoms with E-state index in [1.807, 2.05) is 0 Å². The lowest BCUT2D eigenvalue weighted by molar-refractivity contribution is -0.137. The molecule has 0 aliphatic carbocycles. The van der Waals surface area contributed by atoms with Crippen molar-refractivity contribution in [3.8, 4) is 0 Å². The van der Waals surface area contributed by atoms with Gasteiger partial charge in [0.2, 0.25) is 0 Å². The van der Waals surface area contributed by atoms with E-state index in [1.54, 1.807) is 0 Å². The Balaban J connectivity index is 2.04. The van der Waals surface area contributed by atoms with Crippen LogP contribution in [0.1, 0.15) is 21.6 Å². The fourth-order valence-corrected chi connectivity index (χ4v) is 1.60. The average Bonchev–Trinajstić information content (AvgIpc) is 2.45. The van der Waals surface area contributed by atoms with Gasteiger partial charge in [-0.1, -0.05) is 12.1 Å². The molecule has 0 fully saturated rings. The van der Waals surface area contributed by atoms with Gasteiger partial charge in [0.25, 0.3) is 11.5 Å². The molecule has 0 bridgehead atoms. The van der Waals surface area contributed by atoms with Crippen molar-refractivity contribution in [2.45, 2.75) is 12.7 Å². The number of nitrogens with zero attached hydrogens (tertiary/aromatic N) is 1. The van der Waals surface area contributed by atoms with Crippen molar-refractivity contribution in [3.05, 3.63) is 63.6 Å². The van der Waals surface area contributed by atoms with E-state index in [-0.39, 0.29) is 12.2 Å². The lowest BCUT2D eigenvalue weighted by Crippen LogP contribution is -2.25. The Morgan fingerprint density at radius 3 is 2.62 bits per heavy atom. The summed E-state index contributed by atoms with van der Waals surface area (Å²) in [6.07, 6.45) is -4.43. The Morgan fingerprint density at radius 1 is 1.24 bits per heavy atom. The van der Waals surface area contributed by atoms with Crippen LogP contribution in [0, 0.1) is 0 Å². The highest BCUT2D eigenvalue weighted by Crippen LogP contribution is 2.29. The minimum absolute atomic E-state index is 0.0263. The van der Waals surface area contributed by atoms with Crippen molar-refractivity contribution in [2.75, 3.05) is 0 Å². The number of amides is 1. The molecule has 0 saturated carbocycles. The largest absolute Gasteiger partial charge is 0.416 e. The SMILES string of the molecule is O=C(NCc1cccc(C(F)(F)F)c1)c1ccc(=O)[nH]n1. The van der Waals surface area contributed by atoms with Crippen molar-refractivity contribution in [3.63, 3.8) is 0 Å². The predicted molar refractivity (Wildman–Crippen MR) is 67.5 cm³/mol. The molecule has 110 valence electrons. The first-order valence-corrected chi connectivity index (χ1v) is 5.86. The van der Waals surface area contributed by atoms with Crippen molar-refractivity contribution in [2.24, 2.45) is 0 Å². The van der Waals surface area contributed by atoms with Crippen molar-refractivity contribution >= 4 is 5.91 Å². The maximum Gasteiger partial charge on any atom is 0.416 e. The molecule has 5 nitrogen and oxygen atoms in total. The lowest BCUT2D eigenvalue weighted by Gasteiger charge is -2.09. The first-order chi connectivity index (χ1) is 9.86. The van der Waals surface area contributed by atoms with Gasteiger partial charge < -0.3 is 5.32 Å². The number of carbonyl (C=O) groups is 1. The molecular formula is C13H10F3N3O2. The molecule has 0 saturated heterocycles. The minimum Gasteiger partial charge on any atom is -0.347 e. The summed E-state index contributed by atoms with van der Waals surface area (Å²) in [5.41, 5.74) is -0.954. The molecular weight excluding hydrogens is 287 g/mol. The first kappa shape index (κ1) is 14.8. The van der Waals surface area contributed by atoms with E-state index in [1.165, 1.54) is 18.2 Å². The molecule has 2 aromatic rings. The Morgan fingerprint density at radius 2 is 2.00 bits per heavy atom. The van der Waals surface area contributed by atoms with Crippen LogP contribution < -0.4 is 10.9 Å². The third kappa shape index (κ3) is 3.91. The van der Waals surface area contributed by atoms with Gasteiger partial charge >= 0.3 is 6.18 Å². The number of alkyl halides is 3. The van der Waals surface area contributed by atoms with Crippen LogP contribution in [0.5, 0.6) is 0 Å². The summed E-state index contributed by atoms with van der Waals surface area (Å²) in [5, 5.41) is 8.03. The van der Waals surface area contributed by atoms with Gasteiger partial charge in [-0.15, -0.1) is 0 Å². The number of carbonyl (C=O) groups excluding carboxylic acids is 1. The van der Waals surface area contributed by atoms with E-state index in [0.29, 0.717) is 5.56 Å². The van der Waals surface area contributed by atoms with E-state index in [4.69, 9.17) is 0 Å². The molecule has 0 unspecified atom stereocenters. The fourth-order valence-electron chi connectivity index (χ4n) is 1.60.